The van der Waals surface area contributed by atoms with E-state index in [1.54, 1.807) is 5.06 Å². The van der Waals surface area contributed by atoms with Crippen LogP contribution in [0.3, 0.4) is 0 Å². The number of nitrogens with zero attached hydrogens (tertiary/aromatic N) is 2. The van der Waals surface area contributed by atoms with Crippen LogP contribution in [0, 0.1) is 19.8 Å². The number of hydrogen-bond donors (Lipinski definition) is 0. The van der Waals surface area contributed by atoms with E-state index >= 15 is 0 Å². The van der Waals surface area contributed by atoms with Gasteiger partial charge in [-0.3, -0.25) is 14.4 Å². The zero-order valence-corrected chi connectivity index (χ0v) is 19.0. The molecule has 0 saturated carbocycles. The maximum absolute atomic E-state index is 13.9. The van der Waals surface area contributed by atoms with Gasteiger partial charge in [-0.2, -0.15) is 0 Å². The lowest BCUT2D eigenvalue weighted by atomic mass is 9.87. The van der Waals surface area contributed by atoms with Gasteiger partial charge in [-0.15, -0.1) is 0 Å². The van der Waals surface area contributed by atoms with Gasteiger partial charge in [0, 0.05) is 0 Å². The predicted molar refractivity (Wildman–Crippen MR) is 132 cm³/mol. The SMILES string of the molecule is Cc1ccc(N2C(=O)[C@@H]3[C@H](ON(c4ccccc4)[C@H]3c3cccc4ccccc34)C2=O)cc1C. The molecule has 0 unspecified atom stereocenters. The second-order valence-corrected chi connectivity index (χ2v) is 9.01. The highest BCUT2D eigenvalue weighted by Crippen LogP contribution is 2.49. The largest absolute Gasteiger partial charge is 0.273 e. The topological polar surface area (TPSA) is 49.9 Å². The number of carbonyl (C=O) groups is 2. The summed E-state index contributed by atoms with van der Waals surface area (Å²) in [6, 6.07) is 29.1. The molecule has 34 heavy (non-hydrogen) atoms. The van der Waals surface area contributed by atoms with E-state index in [4.69, 9.17) is 4.84 Å². The third-order valence-electron chi connectivity index (χ3n) is 7.02. The first kappa shape index (κ1) is 20.6. The molecule has 0 aromatic heterocycles. The molecule has 4 aromatic rings. The molecular weight excluding hydrogens is 424 g/mol. The Morgan fingerprint density at radius 3 is 2.24 bits per heavy atom. The Bertz CT molecular complexity index is 1430. The molecule has 4 aromatic carbocycles. The van der Waals surface area contributed by atoms with Gasteiger partial charge in [-0.1, -0.05) is 66.7 Å². The van der Waals surface area contributed by atoms with Crippen LogP contribution in [0.4, 0.5) is 11.4 Å². The number of hydroxylamine groups is 1. The number of benzene rings is 4. The normalized spacial score (nSPS) is 22.0. The molecule has 2 aliphatic rings. The number of carbonyl (C=O) groups excluding carboxylic acids is 2. The molecule has 2 fully saturated rings. The van der Waals surface area contributed by atoms with Crippen LogP contribution in [0.2, 0.25) is 0 Å². The number of rotatable bonds is 3. The molecule has 168 valence electrons. The van der Waals surface area contributed by atoms with Gasteiger partial charge >= 0.3 is 0 Å². The second kappa shape index (κ2) is 7.82. The van der Waals surface area contributed by atoms with E-state index < -0.39 is 18.1 Å². The van der Waals surface area contributed by atoms with Crippen molar-refractivity contribution in [3.8, 4) is 0 Å². The third-order valence-corrected chi connectivity index (χ3v) is 7.02. The summed E-state index contributed by atoms with van der Waals surface area (Å²) in [6.45, 7) is 4.00. The van der Waals surface area contributed by atoms with Crippen LogP contribution in [0.15, 0.2) is 91.0 Å². The highest BCUT2D eigenvalue weighted by atomic mass is 16.7. The van der Waals surface area contributed by atoms with Gasteiger partial charge in [0.2, 0.25) is 5.91 Å². The molecule has 5 heteroatoms. The van der Waals surface area contributed by atoms with Gasteiger partial charge in [0.15, 0.2) is 6.10 Å². The highest BCUT2D eigenvalue weighted by molar-refractivity contribution is 6.24. The lowest BCUT2D eigenvalue weighted by Gasteiger charge is -2.29. The van der Waals surface area contributed by atoms with Gasteiger partial charge in [0.05, 0.1) is 17.4 Å². The minimum atomic E-state index is -0.877. The van der Waals surface area contributed by atoms with Gasteiger partial charge in [-0.05, 0) is 65.6 Å². The summed E-state index contributed by atoms with van der Waals surface area (Å²) in [6.07, 6.45) is -0.877. The van der Waals surface area contributed by atoms with Gasteiger partial charge in [0.1, 0.15) is 5.92 Å². The zero-order chi connectivity index (χ0) is 23.4. The van der Waals surface area contributed by atoms with Gasteiger partial charge in [0.25, 0.3) is 5.91 Å². The van der Waals surface area contributed by atoms with Crippen LogP contribution in [-0.4, -0.2) is 17.9 Å². The van der Waals surface area contributed by atoms with Crippen molar-refractivity contribution in [3.05, 3.63) is 108 Å². The molecule has 0 spiro atoms. The van der Waals surface area contributed by atoms with E-state index in [9.17, 15) is 9.59 Å². The summed E-state index contributed by atoms with van der Waals surface area (Å²) in [5, 5.41) is 3.88. The summed E-state index contributed by atoms with van der Waals surface area (Å²) in [4.78, 5) is 35.1. The quantitative estimate of drug-likeness (QED) is 0.388. The molecule has 3 atom stereocenters. The Morgan fingerprint density at radius 2 is 1.44 bits per heavy atom. The zero-order valence-electron chi connectivity index (χ0n) is 19.0. The van der Waals surface area contributed by atoms with Crippen molar-refractivity contribution >= 4 is 34.0 Å². The first-order valence-corrected chi connectivity index (χ1v) is 11.5. The van der Waals surface area contributed by atoms with Crippen LogP contribution in [0.5, 0.6) is 0 Å². The highest BCUT2D eigenvalue weighted by Gasteiger charge is 2.60. The van der Waals surface area contributed by atoms with Crippen LogP contribution in [0.1, 0.15) is 22.7 Å². The van der Waals surface area contributed by atoms with E-state index in [0.29, 0.717) is 5.69 Å². The Morgan fingerprint density at radius 1 is 0.706 bits per heavy atom. The fourth-order valence-electron chi connectivity index (χ4n) is 5.16. The Kier molecular flexibility index (Phi) is 4.74. The predicted octanol–water partition coefficient (Wildman–Crippen LogP) is 5.51. The van der Waals surface area contributed by atoms with E-state index in [0.717, 1.165) is 33.2 Å². The summed E-state index contributed by atoms with van der Waals surface area (Å²) in [5.74, 6) is -1.20. The van der Waals surface area contributed by atoms with Crippen LogP contribution in [-0.2, 0) is 14.4 Å². The minimum Gasteiger partial charge on any atom is -0.273 e. The van der Waals surface area contributed by atoms with E-state index in [1.807, 2.05) is 86.6 Å². The number of para-hydroxylation sites is 1. The molecule has 2 heterocycles. The lowest BCUT2D eigenvalue weighted by Crippen LogP contribution is -2.37. The van der Waals surface area contributed by atoms with Crippen molar-refractivity contribution in [1.82, 2.24) is 0 Å². The summed E-state index contributed by atoms with van der Waals surface area (Å²) < 4.78 is 0. The average molecular weight is 449 g/mol. The number of imide groups is 1. The maximum atomic E-state index is 13.9. The molecule has 2 saturated heterocycles. The van der Waals surface area contributed by atoms with E-state index in [-0.39, 0.29) is 11.8 Å². The Balaban J connectivity index is 1.50. The van der Waals surface area contributed by atoms with Crippen molar-refractivity contribution in [1.29, 1.82) is 0 Å². The Hall–Kier alpha value is -3.96. The second-order valence-electron chi connectivity index (χ2n) is 9.01. The summed E-state index contributed by atoms with van der Waals surface area (Å²) in [5.41, 5.74) is 4.53. The molecular formula is C29H24N2O3. The molecule has 6 rings (SSSR count). The summed E-state index contributed by atoms with van der Waals surface area (Å²) >= 11 is 0. The summed E-state index contributed by atoms with van der Waals surface area (Å²) in [7, 11) is 0. The molecule has 0 bridgehead atoms. The number of amides is 2. The minimum absolute atomic E-state index is 0.227. The molecule has 2 aliphatic heterocycles. The van der Waals surface area contributed by atoms with Crippen LogP contribution in [0.25, 0.3) is 10.8 Å². The van der Waals surface area contributed by atoms with E-state index in [2.05, 4.69) is 18.2 Å². The first-order valence-electron chi connectivity index (χ1n) is 11.5. The van der Waals surface area contributed by atoms with Gasteiger partial charge < -0.3 is 0 Å². The fourth-order valence-corrected chi connectivity index (χ4v) is 5.16. The van der Waals surface area contributed by atoms with Crippen LogP contribution >= 0.6 is 0 Å². The molecule has 2 amide bonds. The monoisotopic (exact) mass is 448 g/mol. The fraction of sp³-hybridized carbons (Fsp3) is 0.172. The van der Waals surface area contributed by atoms with Crippen molar-refractivity contribution in [2.75, 3.05) is 9.96 Å². The average Bonchev–Trinajstić information content (AvgIpc) is 3.37. The van der Waals surface area contributed by atoms with Crippen molar-refractivity contribution in [2.24, 2.45) is 5.92 Å². The van der Waals surface area contributed by atoms with Crippen molar-refractivity contribution < 1.29 is 14.4 Å². The Labute approximate surface area is 198 Å². The third kappa shape index (κ3) is 3.05. The van der Waals surface area contributed by atoms with Gasteiger partial charge in [-0.25, -0.2) is 9.96 Å². The number of fused-ring (bicyclic) bond motifs is 2. The smallest absolute Gasteiger partial charge is 0.266 e. The van der Waals surface area contributed by atoms with Crippen molar-refractivity contribution in [3.63, 3.8) is 0 Å². The van der Waals surface area contributed by atoms with Crippen LogP contribution < -0.4 is 9.96 Å². The molecule has 0 aliphatic carbocycles. The molecule has 0 N–H and O–H groups in total. The maximum Gasteiger partial charge on any atom is 0.266 e. The standard InChI is InChI=1S/C29H24N2O3/c1-18-15-16-22(17-19(18)2)30-28(32)25-26(24-14-8-10-20-9-6-7-13-23(20)24)31(34-27(25)29(30)33)21-11-4-3-5-12-21/h3-17,25-27H,1-2H3/t25-,26-,27-/m0/s1. The number of anilines is 2. The molecule has 5 nitrogen and oxygen atoms in total. The number of aryl methyl sites for hydroxylation is 2. The molecule has 0 radical (unpaired) electrons. The van der Waals surface area contributed by atoms with E-state index in [1.165, 1.54) is 4.90 Å². The number of hydrogen-bond acceptors (Lipinski definition) is 4. The van der Waals surface area contributed by atoms with Crippen molar-refractivity contribution in [2.45, 2.75) is 26.0 Å². The first-order chi connectivity index (χ1) is 16.5. The lowest BCUT2D eigenvalue weighted by molar-refractivity contribution is -0.126.